The molecule has 2 aromatic heterocycles. The lowest BCUT2D eigenvalue weighted by Crippen LogP contribution is -2.61. The number of aromatic nitrogens is 2. The van der Waals surface area contributed by atoms with Crippen LogP contribution in [-0.4, -0.2) is 16.3 Å². The van der Waals surface area contributed by atoms with Gasteiger partial charge in [0.1, 0.15) is 0 Å². The SMILES string of the molecule is [2H]c1c([2H])c([2H])c(-c2ccc3c(c2)N(c2ccccc2-c2ccccc2)c2cc4[nH]c5c(-c6ccccc6-c6ccccc6-c6ccccc6)cccc5c4c4c2B3c2ccc(-n3c5c([2H])c([2H])c([2H])c([2H])c5c5c([2H])c([2H])c([2H])c([2H])c53)cc2N4c2ccc(-c3ccccc3)cc2)c([2H])c1[2H]. The predicted octanol–water partition coefficient (Wildman–Crippen LogP) is 20.5. The molecule has 0 bridgehead atoms. The van der Waals surface area contributed by atoms with E-state index in [-0.39, 0.29) is 39.5 Å². The van der Waals surface area contributed by atoms with E-state index in [9.17, 15) is 8.22 Å². The molecular formula is C84H55BN4. The minimum atomic E-state index is -0.649. The van der Waals surface area contributed by atoms with E-state index in [0.717, 1.165) is 117 Å². The van der Waals surface area contributed by atoms with E-state index < -0.39 is 73.2 Å². The van der Waals surface area contributed by atoms with E-state index in [1.165, 1.54) is 0 Å². The maximum atomic E-state index is 9.66. The van der Waals surface area contributed by atoms with Crippen LogP contribution >= 0.6 is 0 Å². The third-order valence-electron chi connectivity index (χ3n) is 17.9. The van der Waals surface area contributed by atoms with Gasteiger partial charge < -0.3 is 19.4 Å². The molecule has 5 heteroatoms. The van der Waals surface area contributed by atoms with Gasteiger partial charge in [-0.25, -0.2) is 0 Å². The molecule has 0 saturated carbocycles. The molecule has 1 N–H and O–H groups in total. The fourth-order valence-corrected chi connectivity index (χ4v) is 14.1. The normalized spacial score (nSPS) is 14.5. The monoisotopic (exact) mass is 1140 g/mol. The summed E-state index contributed by atoms with van der Waals surface area (Å²) >= 11 is 0. The van der Waals surface area contributed by atoms with Crippen molar-refractivity contribution in [1.82, 2.24) is 9.55 Å². The molecule has 14 aromatic carbocycles. The number of aromatic amines is 1. The summed E-state index contributed by atoms with van der Waals surface area (Å²) in [6.07, 6.45) is 0. The number of anilines is 6. The van der Waals surface area contributed by atoms with E-state index >= 15 is 0 Å². The van der Waals surface area contributed by atoms with Gasteiger partial charge in [0, 0.05) is 61.1 Å². The first-order chi connectivity index (χ1) is 49.6. The van der Waals surface area contributed by atoms with E-state index in [2.05, 4.69) is 173 Å². The molecule has 2 aliphatic heterocycles. The highest BCUT2D eigenvalue weighted by atomic mass is 15.2. The average Bonchev–Trinajstić information content (AvgIpc) is 1.18. The van der Waals surface area contributed by atoms with Crippen molar-refractivity contribution in [2.75, 3.05) is 9.80 Å². The Hall–Kier alpha value is -11.7. The molecule has 4 nitrogen and oxygen atoms in total. The van der Waals surface area contributed by atoms with Gasteiger partial charge in [-0.1, -0.05) is 273 Å². The second-order valence-electron chi connectivity index (χ2n) is 22.6. The third kappa shape index (κ3) is 8.02. The van der Waals surface area contributed by atoms with Crippen LogP contribution in [0.25, 0.3) is 116 Å². The Bertz CT molecular complexity index is 6160. The number of rotatable bonds is 9. The molecule has 4 heterocycles. The number of nitrogens with one attached hydrogen (secondary N) is 1. The molecule has 0 amide bonds. The minimum Gasteiger partial charge on any atom is -0.354 e. The zero-order valence-corrected chi connectivity index (χ0v) is 47.6. The molecule has 0 fully saturated rings. The molecule has 0 saturated heterocycles. The Morgan fingerprint density at radius 1 is 0.315 bits per heavy atom. The summed E-state index contributed by atoms with van der Waals surface area (Å²) < 4.78 is 121. The molecule has 2 aliphatic rings. The van der Waals surface area contributed by atoms with Crippen LogP contribution in [0, 0.1) is 0 Å². The summed E-state index contributed by atoms with van der Waals surface area (Å²) in [5.41, 5.74) is 19.3. The number of nitrogens with zero attached hydrogens (tertiary/aromatic N) is 3. The van der Waals surface area contributed by atoms with E-state index in [0.29, 0.717) is 22.6 Å². The van der Waals surface area contributed by atoms with Crippen molar-refractivity contribution in [3.05, 3.63) is 327 Å². The first-order valence-electron chi connectivity index (χ1n) is 36.2. The minimum absolute atomic E-state index is 0.0191. The van der Waals surface area contributed by atoms with Gasteiger partial charge in [-0.15, -0.1) is 0 Å². The van der Waals surface area contributed by atoms with E-state index in [4.69, 9.17) is 9.60 Å². The Labute approximate surface area is 535 Å². The van der Waals surface area contributed by atoms with Crippen LogP contribution in [0.2, 0.25) is 0 Å². The Balaban J connectivity index is 1.00. The van der Waals surface area contributed by atoms with Gasteiger partial charge in [-0.05, 0) is 127 Å². The molecule has 0 radical (unpaired) electrons. The van der Waals surface area contributed by atoms with Gasteiger partial charge in [0.15, 0.2) is 0 Å². The van der Waals surface area contributed by atoms with E-state index in [1.807, 2.05) is 91.0 Å². The maximum absolute atomic E-state index is 9.66. The number of benzene rings is 14. The topological polar surface area (TPSA) is 27.2 Å². The first-order valence-corrected chi connectivity index (χ1v) is 29.7. The highest BCUT2D eigenvalue weighted by Gasteiger charge is 2.45. The second-order valence-corrected chi connectivity index (χ2v) is 22.6. The number of para-hydroxylation sites is 4. The lowest BCUT2D eigenvalue weighted by Gasteiger charge is -2.45. The van der Waals surface area contributed by atoms with Gasteiger partial charge in [0.05, 0.1) is 51.3 Å². The molecule has 18 rings (SSSR count). The number of hydrogen-bond donors (Lipinski definition) is 1. The van der Waals surface area contributed by atoms with Crippen LogP contribution in [0.1, 0.15) is 17.8 Å². The van der Waals surface area contributed by atoms with Crippen LogP contribution in [0.15, 0.2) is 327 Å². The molecule has 414 valence electrons. The maximum Gasteiger partial charge on any atom is 0.252 e. The van der Waals surface area contributed by atoms with Crippen molar-refractivity contribution < 1.29 is 17.8 Å². The molecule has 16 aromatic rings. The first kappa shape index (κ1) is 39.1. The average molecular weight is 1140 g/mol. The van der Waals surface area contributed by atoms with Crippen molar-refractivity contribution in [2.24, 2.45) is 0 Å². The molecule has 0 atom stereocenters. The number of hydrogen-bond acceptors (Lipinski definition) is 2. The number of fused-ring (bicyclic) bond motifs is 11. The Morgan fingerprint density at radius 3 is 1.51 bits per heavy atom. The quantitative estimate of drug-likeness (QED) is 0.146. The van der Waals surface area contributed by atoms with E-state index in [1.54, 1.807) is 4.57 Å². The zero-order valence-electron chi connectivity index (χ0n) is 60.6. The molecule has 0 unspecified atom stereocenters. The van der Waals surface area contributed by atoms with Crippen molar-refractivity contribution in [2.45, 2.75) is 0 Å². The van der Waals surface area contributed by atoms with Crippen molar-refractivity contribution in [3.63, 3.8) is 0 Å². The summed E-state index contributed by atoms with van der Waals surface area (Å²) in [6.45, 7) is -0.649. The lowest BCUT2D eigenvalue weighted by molar-refractivity contribution is 1.17. The molecule has 0 spiro atoms. The van der Waals surface area contributed by atoms with Gasteiger partial charge in [-0.2, -0.15) is 0 Å². The van der Waals surface area contributed by atoms with Crippen LogP contribution in [-0.2, 0) is 0 Å². The van der Waals surface area contributed by atoms with Crippen molar-refractivity contribution in [1.29, 1.82) is 0 Å². The standard InChI is InChI=1S/C84H55BN4/c1-5-24-55(25-6-1)57-44-47-61(48-45-57)88-79-53-62(87-76-42-21-18-37-68(76)69-38-19-22-43-77(69)87)49-51-73(79)85-72-50-46-60(56-26-7-2-8-27-56)52-78(72)89(75-41-20-17-33-64(75)59-30-11-4-12-31-59)80-54-74-81(84(88)82(80)85)71-40-23-39-70(83(71)86-74)67-36-16-15-35-66(67)65-34-14-13-32-63(65)58-28-9-3-10-29-58/h1-54,86H/i2D,7D,8D,18D,19D,21D,22D,26D,27D,37D,38D,42D,43D. The molecule has 89 heavy (non-hydrogen) atoms. The third-order valence-corrected chi connectivity index (χ3v) is 17.9. The largest absolute Gasteiger partial charge is 0.354 e. The molecule has 0 aliphatic carbocycles. The molecular weight excluding hydrogens is 1080 g/mol. The van der Waals surface area contributed by atoms with Crippen LogP contribution < -0.4 is 26.2 Å². The predicted molar refractivity (Wildman–Crippen MR) is 377 cm³/mol. The fourth-order valence-electron chi connectivity index (χ4n) is 14.1. The van der Waals surface area contributed by atoms with Crippen LogP contribution in [0.3, 0.4) is 0 Å². The Morgan fingerprint density at radius 2 is 0.820 bits per heavy atom. The van der Waals surface area contributed by atoms with Gasteiger partial charge >= 0.3 is 0 Å². The van der Waals surface area contributed by atoms with Gasteiger partial charge in [0.25, 0.3) is 6.71 Å². The van der Waals surface area contributed by atoms with Gasteiger partial charge in [0.2, 0.25) is 0 Å². The second kappa shape index (κ2) is 20.5. The lowest BCUT2D eigenvalue weighted by atomic mass is 9.33. The smallest absolute Gasteiger partial charge is 0.252 e. The highest BCUT2D eigenvalue weighted by Crippen LogP contribution is 2.52. The summed E-state index contributed by atoms with van der Waals surface area (Å²) in [4.78, 5) is 8.60. The summed E-state index contributed by atoms with van der Waals surface area (Å²) in [7, 11) is 0. The zero-order chi connectivity index (χ0) is 69.8. The summed E-state index contributed by atoms with van der Waals surface area (Å²) in [6, 6.07) is 78.5. The number of H-pyrrole nitrogens is 1. The summed E-state index contributed by atoms with van der Waals surface area (Å²) in [5, 5.41) is 1.69. The van der Waals surface area contributed by atoms with Crippen molar-refractivity contribution in [3.8, 4) is 72.4 Å². The Kier molecular flexibility index (Phi) is 9.02. The fraction of sp³-hybridized carbons (Fsp3) is 0. The summed E-state index contributed by atoms with van der Waals surface area (Å²) in [5.74, 6) is 0. The van der Waals surface area contributed by atoms with Crippen LogP contribution in [0.5, 0.6) is 0 Å². The van der Waals surface area contributed by atoms with Gasteiger partial charge in [-0.3, -0.25) is 0 Å². The van der Waals surface area contributed by atoms with Crippen LogP contribution in [0.4, 0.5) is 34.1 Å². The van der Waals surface area contributed by atoms with Crippen molar-refractivity contribution >= 4 is 101 Å². The highest BCUT2D eigenvalue weighted by molar-refractivity contribution is 7.00.